The lowest BCUT2D eigenvalue weighted by molar-refractivity contribution is 0.0474. The van der Waals surface area contributed by atoms with Gasteiger partial charge in [0.05, 0.1) is 11.7 Å². The molecule has 0 radical (unpaired) electrons. The number of ether oxygens (including phenoxy) is 2. The first-order valence-corrected chi connectivity index (χ1v) is 9.78. The second-order valence-electron chi connectivity index (χ2n) is 6.54. The highest BCUT2D eigenvalue weighted by Gasteiger charge is 2.21. The molecule has 1 aromatic carbocycles. The van der Waals surface area contributed by atoms with Crippen molar-refractivity contribution in [3.8, 4) is 0 Å². The molecule has 26 heavy (non-hydrogen) atoms. The van der Waals surface area contributed by atoms with Crippen molar-refractivity contribution in [1.29, 1.82) is 0 Å². The Kier molecular flexibility index (Phi) is 6.13. The van der Waals surface area contributed by atoms with Gasteiger partial charge in [-0.25, -0.2) is 4.79 Å². The molecule has 138 valence electrons. The summed E-state index contributed by atoms with van der Waals surface area (Å²) in [5.74, 6) is -0.668. The van der Waals surface area contributed by atoms with Crippen molar-refractivity contribution in [2.45, 2.75) is 39.3 Å². The number of hydrogen-bond acceptors (Lipinski definition) is 4. The van der Waals surface area contributed by atoms with Crippen molar-refractivity contribution >= 4 is 34.3 Å². The SMILES string of the molecule is Cc1cc(C(=O)COC(=O)c2ccc(I)cc2)c(C)n1CC1CCCO1. The average Bonchev–Trinajstić information content (AvgIpc) is 3.24. The minimum absolute atomic E-state index is 0.185. The Morgan fingerprint density at radius 1 is 1.27 bits per heavy atom. The highest BCUT2D eigenvalue weighted by molar-refractivity contribution is 14.1. The Morgan fingerprint density at radius 2 is 2.00 bits per heavy atom. The maximum atomic E-state index is 12.5. The highest BCUT2D eigenvalue weighted by Crippen LogP contribution is 2.21. The van der Waals surface area contributed by atoms with Crippen LogP contribution in [0, 0.1) is 17.4 Å². The molecule has 1 aliphatic rings. The molecule has 1 unspecified atom stereocenters. The number of Topliss-reactive ketones (excluding diaryl/α,β-unsaturated/α-hetero) is 1. The Morgan fingerprint density at radius 3 is 2.65 bits per heavy atom. The lowest BCUT2D eigenvalue weighted by Gasteiger charge is -2.14. The van der Waals surface area contributed by atoms with Crippen molar-refractivity contribution in [1.82, 2.24) is 4.57 Å². The number of ketones is 1. The van der Waals surface area contributed by atoms with E-state index in [1.165, 1.54) is 0 Å². The Labute approximate surface area is 166 Å². The van der Waals surface area contributed by atoms with Gasteiger partial charge in [0.2, 0.25) is 5.78 Å². The van der Waals surface area contributed by atoms with Gasteiger partial charge < -0.3 is 14.0 Å². The number of benzene rings is 1. The van der Waals surface area contributed by atoms with Crippen LogP contribution >= 0.6 is 22.6 Å². The van der Waals surface area contributed by atoms with Crippen LogP contribution in [0.3, 0.4) is 0 Å². The molecule has 1 fully saturated rings. The van der Waals surface area contributed by atoms with Crippen LogP contribution in [0.5, 0.6) is 0 Å². The molecule has 1 saturated heterocycles. The monoisotopic (exact) mass is 467 g/mol. The fourth-order valence-electron chi connectivity index (χ4n) is 3.23. The first-order valence-electron chi connectivity index (χ1n) is 8.70. The van der Waals surface area contributed by atoms with E-state index in [1.807, 2.05) is 32.0 Å². The summed E-state index contributed by atoms with van der Waals surface area (Å²) in [6.07, 6.45) is 2.35. The molecule has 3 rings (SSSR count). The van der Waals surface area contributed by atoms with Crippen LogP contribution in [0.25, 0.3) is 0 Å². The number of aryl methyl sites for hydroxylation is 1. The summed E-state index contributed by atoms with van der Waals surface area (Å²) < 4.78 is 14.0. The number of nitrogens with zero attached hydrogens (tertiary/aromatic N) is 1. The molecule has 0 bridgehead atoms. The largest absolute Gasteiger partial charge is 0.454 e. The Bertz CT molecular complexity index is 804. The Hall–Kier alpha value is -1.67. The Balaban J connectivity index is 1.64. The van der Waals surface area contributed by atoms with Crippen LogP contribution in [-0.2, 0) is 16.0 Å². The highest BCUT2D eigenvalue weighted by atomic mass is 127. The van der Waals surface area contributed by atoms with Gasteiger partial charge in [-0.2, -0.15) is 0 Å². The zero-order valence-electron chi connectivity index (χ0n) is 15.0. The molecule has 0 saturated carbocycles. The van der Waals surface area contributed by atoms with E-state index in [4.69, 9.17) is 9.47 Å². The minimum atomic E-state index is -0.483. The minimum Gasteiger partial charge on any atom is -0.454 e. The average molecular weight is 467 g/mol. The second kappa shape index (κ2) is 8.35. The van der Waals surface area contributed by atoms with E-state index >= 15 is 0 Å². The van der Waals surface area contributed by atoms with Crippen LogP contribution in [0.2, 0.25) is 0 Å². The van der Waals surface area contributed by atoms with Gasteiger partial charge in [-0.15, -0.1) is 0 Å². The predicted molar refractivity (Wildman–Crippen MR) is 107 cm³/mol. The lowest BCUT2D eigenvalue weighted by Crippen LogP contribution is -2.18. The van der Waals surface area contributed by atoms with E-state index in [0.717, 1.165) is 41.0 Å². The van der Waals surface area contributed by atoms with E-state index in [1.54, 1.807) is 12.1 Å². The van der Waals surface area contributed by atoms with Crippen LogP contribution in [0.4, 0.5) is 0 Å². The van der Waals surface area contributed by atoms with E-state index in [2.05, 4.69) is 27.2 Å². The summed E-state index contributed by atoms with van der Waals surface area (Å²) >= 11 is 2.17. The summed E-state index contributed by atoms with van der Waals surface area (Å²) in [6.45, 7) is 5.22. The van der Waals surface area contributed by atoms with Crippen molar-refractivity contribution in [3.63, 3.8) is 0 Å². The summed E-state index contributed by atoms with van der Waals surface area (Å²) in [5.41, 5.74) is 2.97. The predicted octanol–water partition coefficient (Wildman–Crippen LogP) is 3.93. The third-order valence-corrected chi connectivity index (χ3v) is 5.42. The van der Waals surface area contributed by atoms with Gasteiger partial charge in [-0.3, -0.25) is 4.79 Å². The van der Waals surface area contributed by atoms with Gasteiger partial charge in [-0.05, 0) is 79.6 Å². The van der Waals surface area contributed by atoms with Gasteiger partial charge in [-0.1, -0.05) is 0 Å². The molecule has 1 atom stereocenters. The summed E-state index contributed by atoms with van der Waals surface area (Å²) in [7, 11) is 0. The number of carbonyl (C=O) groups is 2. The van der Waals surface area contributed by atoms with E-state index in [0.29, 0.717) is 11.1 Å². The first-order chi connectivity index (χ1) is 12.5. The third kappa shape index (κ3) is 4.35. The smallest absolute Gasteiger partial charge is 0.338 e. The zero-order chi connectivity index (χ0) is 18.7. The molecule has 0 amide bonds. The molecule has 1 aliphatic heterocycles. The maximum absolute atomic E-state index is 12.5. The van der Waals surface area contributed by atoms with Crippen molar-refractivity contribution in [2.24, 2.45) is 0 Å². The van der Waals surface area contributed by atoms with Gasteiger partial charge in [0.15, 0.2) is 6.61 Å². The van der Waals surface area contributed by atoms with Crippen LogP contribution < -0.4 is 0 Å². The fraction of sp³-hybridized carbons (Fsp3) is 0.400. The van der Waals surface area contributed by atoms with Gasteiger partial charge in [0.25, 0.3) is 0 Å². The molecule has 0 aliphatic carbocycles. The number of rotatable bonds is 6. The summed E-state index contributed by atoms with van der Waals surface area (Å²) in [5, 5.41) is 0. The van der Waals surface area contributed by atoms with E-state index < -0.39 is 5.97 Å². The van der Waals surface area contributed by atoms with Crippen molar-refractivity contribution < 1.29 is 19.1 Å². The number of carbonyl (C=O) groups excluding carboxylic acids is 2. The van der Waals surface area contributed by atoms with Crippen LogP contribution in [0.15, 0.2) is 30.3 Å². The normalized spacial score (nSPS) is 16.7. The first kappa shape index (κ1) is 19.1. The molecular formula is C20H22INO4. The topological polar surface area (TPSA) is 57.5 Å². The van der Waals surface area contributed by atoms with Gasteiger partial charge >= 0.3 is 5.97 Å². The van der Waals surface area contributed by atoms with Crippen molar-refractivity contribution in [2.75, 3.05) is 13.2 Å². The third-order valence-electron chi connectivity index (χ3n) is 4.70. The van der Waals surface area contributed by atoms with Crippen molar-refractivity contribution in [3.05, 3.63) is 56.4 Å². The standard InChI is InChI=1S/C20H22INO4/c1-13-10-18(14(2)22(13)11-17-4-3-9-25-17)19(23)12-26-20(24)15-5-7-16(21)8-6-15/h5-8,10,17H,3-4,9,11-12H2,1-2H3. The quantitative estimate of drug-likeness (QED) is 0.367. The number of aromatic nitrogens is 1. The van der Waals surface area contributed by atoms with Crippen LogP contribution in [-0.4, -0.2) is 35.6 Å². The number of hydrogen-bond donors (Lipinski definition) is 0. The maximum Gasteiger partial charge on any atom is 0.338 e. The molecular weight excluding hydrogens is 445 g/mol. The second-order valence-corrected chi connectivity index (χ2v) is 7.78. The van der Waals surface area contributed by atoms with Gasteiger partial charge in [0, 0.05) is 33.7 Å². The molecule has 2 heterocycles. The van der Waals surface area contributed by atoms with E-state index in [9.17, 15) is 9.59 Å². The molecule has 0 N–H and O–H groups in total. The summed E-state index contributed by atoms with van der Waals surface area (Å²) in [4.78, 5) is 24.6. The lowest BCUT2D eigenvalue weighted by atomic mass is 10.1. The zero-order valence-corrected chi connectivity index (χ0v) is 17.1. The van der Waals surface area contributed by atoms with Gasteiger partial charge in [0.1, 0.15) is 0 Å². The fourth-order valence-corrected chi connectivity index (χ4v) is 3.59. The number of halogens is 1. The molecule has 2 aromatic rings. The molecule has 1 aromatic heterocycles. The van der Waals surface area contributed by atoms with Crippen LogP contribution in [0.1, 0.15) is 44.9 Å². The summed E-state index contributed by atoms with van der Waals surface area (Å²) in [6, 6.07) is 8.92. The van der Waals surface area contributed by atoms with E-state index in [-0.39, 0.29) is 18.5 Å². The number of esters is 1. The molecule has 0 spiro atoms. The molecule has 5 nitrogen and oxygen atoms in total. The molecule has 6 heteroatoms.